The number of ether oxygens (including phenoxy) is 1. The van der Waals surface area contributed by atoms with Crippen molar-refractivity contribution in [1.82, 2.24) is 0 Å². The van der Waals surface area contributed by atoms with Gasteiger partial charge in [0.2, 0.25) is 0 Å². The van der Waals surface area contributed by atoms with E-state index in [0.29, 0.717) is 16.9 Å². The van der Waals surface area contributed by atoms with Gasteiger partial charge in [0.1, 0.15) is 0 Å². The van der Waals surface area contributed by atoms with Gasteiger partial charge in [-0.1, -0.05) is 67.7 Å². The second kappa shape index (κ2) is 4.57. The van der Waals surface area contributed by atoms with Crippen LogP contribution in [0.1, 0.15) is 20.3 Å². The summed E-state index contributed by atoms with van der Waals surface area (Å²) in [6.45, 7) is 10.5. The fourth-order valence-electron chi connectivity index (χ4n) is 3.85. The first-order chi connectivity index (χ1) is 9.40. The number of hydrogen-bond donors (Lipinski definition) is 0. The van der Waals surface area contributed by atoms with Gasteiger partial charge in [-0.05, 0) is 19.4 Å². The topological polar surface area (TPSA) is 9.23 Å². The van der Waals surface area contributed by atoms with Crippen LogP contribution in [-0.4, -0.2) is 20.8 Å². The highest BCUT2D eigenvalue weighted by Crippen LogP contribution is 2.71. The standard InChI is InChI=1S/C18H26OSi/c1-15-18(13-17(18,2)14-19-15)11-8-12-20(3,4)16-9-6-5-7-10-16/h5-11,15H,12-14H2,1-4H3/b11-8+/t15?,17-,18+/m0/s1. The fourth-order valence-corrected chi connectivity index (χ4v) is 5.88. The Balaban J connectivity index is 1.70. The molecule has 1 aliphatic carbocycles. The Bertz CT molecular complexity index is 521. The largest absolute Gasteiger partial charge is 0.377 e. The first-order valence-corrected chi connectivity index (χ1v) is 11.0. The van der Waals surface area contributed by atoms with Crippen LogP contribution < -0.4 is 5.19 Å². The van der Waals surface area contributed by atoms with Crippen LogP contribution >= 0.6 is 0 Å². The maximum Gasteiger partial charge on any atom is 0.0843 e. The summed E-state index contributed by atoms with van der Waals surface area (Å²) in [7, 11) is -1.34. The van der Waals surface area contributed by atoms with Gasteiger partial charge in [0.25, 0.3) is 0 Å². The average Bonchev–Trinajstić information content (AvgIpc) is 2.96. The molecule has 0 radical (unpaired) electrons. The molecular formula is C18H26OSi. The van der Waals surface area contributed by atoms with Crippen molar-refractivity contribution < 1.29 is 4.74 Å². The molecule has 1 saturated carbocycles. The number of hydrogen-bond acceptors (Lipinski definition) is 1. The highest BCUT2D eigenvalue weighted by molar-refractivity contribution is 6.90. The van der Waals surface area contributed by atoms with Crippen LogP contribution in [0.15, 0.2) is 42.5 Å². The van der Waals surface area contributed by atoms with Crippen molar-refractivity contribution in [2.24, 2.45) is 10.8 Å². The van der Waals surface area contributed by atoms with Gasteiger partial charge in [-0.3, -0.25) is 0 Å². The minimum Gasteiger partial charge on any atom is -0.377 e. The summed E-state index contributed by atoms with van der Waals surface area (Å²) >= 11 is 0. The zero-order valence-electron chi connectivity index (χ0n) is 13.1. The van der Waals surface area contributed by atoms with Gasteiger partial charge >= 0.3 is 0 Å². The van der Waals surface area contributed by atoms with E-state index in [1.165, 1.54) is 12.5 Å². The third kappa shape index (κ3) is 2.10. The molecular weight excluding hydrogens is 260 g/mol. The quantitative estimate of drug-likeness (QED) is 0.601. The summed E-state index contributed by atoms with van der Waals surface area (Å²) in [5.74, 6) is 0. The van der Waals surface area contributed by atoms with E-state index >= 15 is 0 Å². The molecule has 0 bridgehead atoms. The summed E-state index contributed by atoms with van der Waals surface area (Å²) < 4.78 is 5.85. The molecule has 0 N–H and O–H groups in total. The normalized spacial score (nSPS) is 36.3. The molecule has 108 valence electrons. The van der Waals surface area contributed by atoms with Crippen molar-refractivity contribution in [2.45, 2.75) is 45.5 Å². The Kier molecular flexibility index (Phi) is 3.22. The van der Waals surface area contributed by atoms with Crippen molar-refractivity contribution in [2.75, 3.05) is 6.61 Å². The number of rotatable bonds is 4. The van der Waals surface area contributed by atoms with Gasteiger partial charge in [0.05, 0.1) is 20.8 Å². The molecule has 3 atom stereocenters. The predicted molar refractivity (Wildman–Crippen MR) is 88.1 cm³/mol. The molecule has 1 aromatic rings. The summed E-state index contributed by atoms with van der Waals surface area (Å²) in [5.41, 5.74) is 0.759. The van der Waals surface area contributed by atoms with E-state index < -0.39 is 8.07 Å². The van der Waals surface area contributed by atoms with E-state index in [1.54, 1.807) is 5.19 Å². The predicted octanol–water partition coefficient (Wildman–Crippen LogP) is 3.97. The van der Waals surface area contributed by atoms with Crippen molar-refractivity contribution in [3.63, 3.8) is 0 Å². The summed E-state index contributed by atoms with van der Waals surface area (Å²) in [6.07, 6.45) is 6.65. The highest BCUT2D eigenvalue weighted by Gasteiger charge is 2.69. The Labute approximate surface area is 124 Å². The van der Waals surface area contributed by atoms with Crippen molar-refractivity contribution in [1.29, 1.82) is 0 Å². The molecule has 0 aromatic heterocycles. The second-order valence-electron chi connectivity index (χ2n) is 7.59. The number of allylic oxidation sites excluding steroid dienone is 1. The van der Waals surface area contributed by atoms with Gasteiger partial charge in [-0.25, -0.2) is 0 Å². The monoisotopic (exact) mass is 286 g/mol. The maximum atomic E-state index is 5.85. The van der Waals surface area contributed by atoms with Crippen molar-refractivity contribution in [3.05, 3.63) is 42.5 Å². The van der Waals surface area contributed by atoms with E-state index in [4.69, 9.17) is 4.74 Å². The third-order valence-corrected chi connectivity index (χ3v) is 8.81. The van der Waals surface area contributed by atoms with Crippen LogP contribution in [0.25, 0.3) is 0 Å². The van der Waals surface area contributed by atoms with E-state index in [-0.39, 0.29) is 0 Å². The van der Waals surface area contributed by atoms with E-state index in [2.05, 4.69) is 69.4 Å². The molecule has 20 heavy (non-hydrogen) atoms. The lowest BCUT2D eigenvalue weighted by Crippen LogP contribution is -2.40. The molecule has 3 rings (SSSR count). The molecule has 2 fully saturated rings. The second-order valence-corrected chi connectivity index (χ2v) is 12.3. The first-order valence-electron chi connectivity index (χ1n) is 7.75. The van der Waals surface area contributed by atoms with Crippen LogP contribution in [0.2, 0.25) is 19.1 Å². The van der Waals surface area contributed by atoms with E-state index in [1.807, 2.05) is 0 Å². The lowest BCUT2D eigenvalue weighted by molar-refractivity contribution is 0.0744. The van der Waals surface area contributed by atoms with Gasteiger partial charge in [-0.2, -0.15) is 0 Å². The third-order valence-electron chi connectivity index (χ3n) is 5.66. The molecule has 2 heteroatoms. The fraction of sp³-hybridized carbons (Fsp3) is 0.556. The minimum atomic E-state index is -1.34. The van der Waals surface area contributed by atoms with Gasteiger partial charge in [-0.15, -0.1) is 0 Å². The van der Waals surface area contributed by atoms with Gasteiger partial charge < -0.3 is 4.74 Å². The number of benzene rings is 1. The van der Waals surface area contributed by atoms with E-state index in [0.717, 1.165) is 6.61 Å². The highest BCUT2D eigenvalue weighted by atomic mass is 28.3. The first kappa shape index (κ1) is 14.1. The minimum absolute atomic E-state index is 0.341. The zero-order chi connectivity index (χ0) is 14.4. The van der Waals surface area contributed by atoms with Crippen LogP contribution in [0.5, 0.6) is 0 Å². The Hall–Kier alpha value is -0.863. The van der Waals surface area contributed by atoms with Crippen molar-refractivity contribution >= 4 is 13.3 Å². The average molecular weight is 286 g/mol. The molecule has 0 amide bonds. The van der Waals surface area contributed by atoms with Crippen LogP contribution in [0.3, 0.4) is 0 Å². The maximum absolute atomic E-state index is 5.85. The lowest BCUT2D eigenvalue weighted by atomic mass is 9.92. The SMILES string of the molecule is CC1OC[C@]2(C)C[C@]12/C=C/C[Si](C)(C)c1ccccc1. The summed E-state index contributed by atoms with van der Waals surface area (Å²) in [5, 5.41) is 1.55. The molecule has 1 heterocycles. The molecule has 2 aliphatic rings. The zero-order valence-corrected chi connectivity index (χ0v) is 14.1. The molecule has 1 aromatic carbocycles. The molecule has 1 aliphatic heterocycles. The van der Waals surface area contributed by atoms with Gasteiger partial charge in [0, 0.05) is 10.8 Å². The Morgan fingerprint density at radius 3 is 2.55 bits per heavy atom. The smallest absolute Gasteiger partial charge is 0.0843 e. The Morgan fingerprint density at radius 2 is 2.00 bits per heavy atom. The molecule has 1 saturated heterocycles. The van der Waals surface area contributed by atoms with Gasteiger partial charge in [0.15, 0.2) is 0 Å². The summed E-state index contributed by atoms with van der Waals surface area (Å²) in [4.78, 5) is 0. The van der Waals surface area contributed by atoms with Crippen molar-refractivity contribution in [3.8, 4) is 0 Å². The van der Waals surface area contributed by atoms with Crippen LogP contribution in [0.4, 0.5) is 0 Å². The van der Waals surface area contributed by atoms with Crippen LogP contribution in [-0.2, 0) is 4.74 Å². The Morgan fingerprint density at radius 1 is 1.30 bits per heavy atom. The molecule has 1 unspecified atom stereocenters. The molecule has 0 spiro atoms. The van der Waals surface area contributed by atoms with E-state index in [9.17, 15) is 0 Å². The lowest BCUT2D eigenvalue weighted by Gasteiger charge is -2.22. The van der Waals surface area contributed by atoms with Crippen LogP contribution in [0, 0.1) is 10.8 Å². The number of fused-ring (bicyclic) bond motifs is 1. The molecule has 1 nitrogen and oxygen atoms in total. The summed E-state index contributed by atoms with van der Waals surface area (Å²) in [6, 6.07) is 12.2.